The molecule has 142 valence electrons. The van der Waals surface area contributed by atoms with Crippen LogP contribution in [0.3, 0.4) is 0 Å². The van der Waals surface area contributed by atoms with Gasteiger partial charge in [-0.2, -0.15) is 0 Å². The molecule has 0 saturated heterocycles. The molecule has 2 N–H and O–H groups in total. The van der Waals surface area contributed by atoms with Crippen molar-refractivity contribution in [2.75, 3.05) is 10.6 Å². The van der Waals surface area contributed by atoms with Gasteiger partial charge < -0.3 is 10.6 Å². The van der Waals surface area contributed by atoms with Crippen LogP contribution in [0, 0.1) is 30.9 Å². The Hall–Kier alpha value is -3.67. The third kappa shape index (κ3) is 4.01. The van der Waals surface area contributed by atoms with Gasteiger partial charge in [0.1, 0.15) is 0 Å². The van der Waals surface area contributed by atoms with Crippen LogP contribution in [-0.2, 0) is 0 Å². The number of aryl methyl sites for hydroxylation is 2. The standard InChI is InChI=1S/C22H21N3O3/c1-14-13-15(2)21(16(3)20(14)23-18-7-5-4-6-8-18)24-22(26)17-9-11-19(12-10-17)25(27)28/h4-13,23H,1-3H3,(H,24,26). The number of carbonyl (C=O) groups excluding carboxylic acids is 1. The summed E-state index contributed by atoms with van der Waals surface area (Å²) in [5, 5.41) is 17.1. The first-order valence-electron chi connectivity index (χ1n) is 8.85. The summed E-state index contributed by atoms with van der Waals surface area (Å²) < 4.78 is 0. The zero-order valence-corrected chi connectivity index (χ0v) is 15.9. The monoisotopic (exact) mass is 375 g/mol. The fraction of sp³-hybridized carbons (Fsp3) is 0.136. The number of nitro groups is 1. The fourth-order valence-corrected chi connectivity index (χ4v) is 3.16. The maximum absolute atomic E-state index is 12.7. The normalized spacial score (nSPS) is 10.4. The van der Waals surface area contributed by atoms with Crippen LogP contribution in [0.15, 0.2) is 60.7 Å². The molecule has 0 aliphatic carbocycles. The summed E-state index contributed by atoms with van der Waals surface area (Å²) in [4.78, 5) is 22.9. The van der Waals surface area contributed by atoms with Gasteiger partial charge in [-0.15, -0.1) is 0 Å². The largest absolute Gasteiger partial charge is 0.355 e. The van der Waals surface area contributed by atoms with E-state index in [0.717, 1.165) is 33.8 Å². The predicted octanol–water partition coefficient (Wildman–Crippen LogP) is 5.52. The number of nitrogens with one attached hydrogen (secondary N) is 2. The zero-order valence-electron chi connectivity index (χ0n) is 15.9. The molecule has 0 spiro atoms. The number of nitro benzene ring substituents is 1. The number of benzene rings is 3. The summed E-state index contributed by atoms with van der Waals surface area (Å²) >= 11 is 0. The Labute approximate surface area is 163 Å². The molecular formula is C22H21N3O3. The van der Waals surface area contributed by atoms with E-state index in [1.165, 1.54) is 24.3 Å². The second-order valence-electron chi connectivity index (χ2n) is 6.63. The number of non-ortho nitro benzene ring substituents is 1. The van der Waals surface area contributed by atoms with Gasteiger partial charge >= 0.3 is 0 Å². The number of para-hydroxylation sites is 1. The van der Waals surface area contributed by atoms with E-state index in [-0.39, 0.29) is 11.6 Å². The molecule has 0 aromatic heterocycles. The molecule has 28 heavy (non-hydrogen) atoms. The van der Waals surface area contributed by atoms with Gasteiger partial charge in [-0.1, -0.05) is 24.3 Å². The van der Waals surface area contributed by atoms with Gasteiger partial charge in [0, 0.05) is 34.8 Å². The maximum Gasteiger partial charge on any atom is 0.269 e. The quantitative estimate of drug-likeness (QED) is 0.454. The molecule has 6 heteroatoms. The molecule has 0 aliphatic heterocycles. The molecule has 0 radical (unpaired) electrons. The molecule has 6 nitrogen and oxygen atoms in total. The molecule has 0 saturated carbocycles. The summed E-state index contributed by atoms with van der Waals surface area (Å²) in [6, 6.07) is 17.4. The van der Waals surface area contributed by atoms with Crippen molar-refractivity contribution in [2.45, 2.75) is 20.8 Å². The van der Waals surface area contributed by atoms with Crippen LogP contribution in [0.25, 0.3) is 0 Å². The van der Waals surface area contributed by atoms with Crippen LogP contribution in [-0.4, -0.2) is 10.8 Å². The first-order valence-corrected chi connectivity index (χ1v) is 8.85. The van der Waals surface area contributed by atoms with E-state index in [0.29, 0.717) is 5.56 Å². The minimum atomic E-state index is -0.489. The van der Waals surface area contributed by atoms with Gasteiger partial charge in [-0.05, 0) is 61.7 Å². The summed E-state index contributed by atoms with van der Waals surface area (Å²) in [6.45, 7) is 5.92. The van der Waals surface area contributed by atoms with Gasteiger partial charge in [-0.3, -0.25) is 14.9 Å². The van der Waals surface area contributed by atoms with Gasteiger partial charge in [0.05, 0.1) is 4.92 Å². The van der Waals surface area contributed by atoms with Crippen molar-refractivity contribution in [1.82, 2.24) is 0 Å². The van der Waals surface area contributed by atoms with E-state index in [1.54, 1.807) is 0 Å². The number of carbonyl (C=O) groups is 1. The number of rotatable bonds is 5. The van der Waals surface area contributed by atoms with E-state index in [1.807, 2.05) is 57.2 Å². The van der Waals surface area contributed by atoms with Crippen molar-refractivity contribution < 1.29 is 9.72 Å². The lowest BCUT2D eigenvalue weighted by Gasteiger charge is -2.19. The van der Waals surface area contributed by atoms with Gasteiger partial charge in [0.2, 0.25) is 0 Å². The maximum atomic E-state index is 12.7. The Balaban J connectivity index is 1.90. The van der Waals surface area contributed by atoms with Gasteiger partial charge in [0.25, 0.3) is 11.6 Å². The van der Waals surface area contributed by atoms with E-state index in [9.17, 15) is 14.9 Å². The first kappa shape index (κ1) is 19.1. The second-order valence-corrected chi connectivity index (χ2v) is 6.63. The lowest BCUT2D eigenvalue weighted by Crippen LogP contribution is -2.14. The minimum Gasteiger partial charge on any atom is -0.355 e. The average molecular weight is 375 g/mol. The molecular weight excluding hydrogens is 354 g/mol. The highest BCUT2D eigenvalue weighted by Crippen LogP contribution is 2.33. The third-order valence-electron chi connectivity index (χ3n) is 4.59. The molecule has 0 atom stereocenters. The molecule has 3 aromatic carbocycles. The number of nitrogens with zero attached hydrogens (tertiary/aromatic N) is 1. The SMILES string of the molecule is Cc1cc(C)c(Nc2ccccc2)c(C)c1NC(=O)c1ccc([N+](=O)[O-])cc1. The van der Waals surface area contributed by atoms with Crippen molar-refractivity contribution in [3.05, 3.63) is 93.0 Å². The van der Waals surface area contributed by atoms with Crippen LogP contribution < -0.4 is 10.6 Å². The molecule has 3 rings (SSSR count). The minimum absolute atomic E-state index is 0.0476. The van der Waals surface area contributed by atoms with Crippen LogP contribution >= 0.6 is 0 Å². The van der Waals surface area contributed by atoms with Crippen molar-refractivity contribution in [1.29, 1.82) is 0 Å². The Kier molecular flexibility index (Phi) is 5.40. The summed E-state index contributed by atoms with van der Waals surface area (Å²) in [5.74, 6) is -0.310. The van der Waals surface area contributed by atoms with Gasteiger partial charge in [-0.25, -0.2) is 0 Å². The highest BCUT2D eigenvalue weighted by molar-refractivity contribution is 6.05. The van der Waals surface area contributed by atoms with Crippen molar-refractivity contribution in [3.8, 4) is 0 Å². The van der Waals surface area contributed by atoms with Crippen molar-refractivity contribution in [3.63, 3.8) is 0 Å². The molecule has 0 bridgehead atoms. The zero-order chi connectivity index (χ0) is 20.3. The fourth-order valence-electron chi connectivity index (χ4n) is 3.16. The Morgan fingerprint density at radius 2 is 1.50 bits per heavy atom. The first-order chi connectivity index (χ1) is 13.4. The summed E-state index contributed by atoms with van der Waals surface area (Å²) in [5.41, 5.74) is 5.90. The smallest absolute Gasteiger partial charge is 0.269 e. The molecule has 1 amide bonds. The number of amides is 1. The van der Waals surface area contributed by atoms with Crippen LogP contribution in [0.5, 0.6) is 0 Å². The molecule has 0 unspecified atom stereocenters. The van der Waals surface area contributed by atoms with Crippen molar-refractivity contribution in [2.24, 2.45) is 0 Å². The van der Waals surface area contributed by atoms with Crippen LogP contribution in [0.2, 0.25) is 0 Å². The second kappa shape index (κ2) is 7.92. The van der Waals surface area contributed by atoms with E-state index in [2.05, 4.69) is 10.6 Å². The highest BCUT2D eigenvalue weighted by atomic mass is 16.6. The molecule has 0 fully saturated rings. The predicted molar refractivity (Wildman–Crippen MR) is 111 cm³/mol. The number of anilines is 3. The summed E-state index contributed by atoms with van der Waals surface area (Å²) in [7, 11) is 0. The molecule has 0 heterocycles. The van der Waals surface area contributed by atoms with E-state index >= 15 is 0 Å². The van der Waals surface area contributed by atoms with Crippen LogP contribution in [0.1, 0.15) is 27.0 Å². The van der Waals surface area contributed by atoms with E-state index in [4.69, 9.17) is 0 Å². The lowest BCUT2D eigenvalue weighted by molar-refractivity contribution is -0.384. The Morgan fingerprint density at radius 1 is 0.893 bits per heavy atom. The van der Waals surface area contributed by atoms with Crippen LogP contribution in [0.4, 0.5) is 22.7 Å². The molecule has 3 aromatic rings. The topological polar surface area (TPSA) is 84.3 Å². The highest BCUT2D eigenvalue weighted by Gasteiger charge is 2.15. The number of hydrogen-bond acceptors (Lipinski definition) is 4. The third-order valence-corrected chi connectivity index (χ3v) is 4.59. The number of hydrogen-bond donors (Lipinski definition) is 2. The Morgan fingerprint density at radius 3 is 2.11 bits per heavy atom. The van der Waals surface area contributed by atoms with Crippen molar-refractivity contribution >= 4 is 28.7 Å². The molecule has 0 aliphatic rings. The Bertz CT molecular complexity index is 1030. The van der Waals surface area contributed by atoms with E-state index < -0.39 is 4.92 Å². The van der Waals surface area contributed by atoms with Gasteiger partial charge in [0.15, 0.2) is 0 Å². The lowest BCUT2D eigenvalue weighted by atomic mass is 10.0. The summed E-state index contributed by atoms with van der Waals surface area (Å²) in [6.07, 6.45) is 0. The average Bonchev–Trinajstić information content (AvgIpc) is 2.69.